The van der Waals surface area contributed by atoms with Crippen molar-refractivity contribution in [3.63, 3.8) is 0 Å². The van der Waals surface area contributed by atoms with Gasteiger partial charge in [-0.3, -0.25) is 10.1 Å². The number of methoxy groups -OCH3 is 2. The second kappa shape index (κ2) is 6.32. The Hall–Kier alpha value is -1.30. The predicted molar refractivity (Wildman–Crippen MR) is 65.3 cm³/mol. The van der Waals surface area contributed by atoms with E-state index >= 15 is 0 Å². The van der Waals surface area contributed by atoms with Crippen molar-refractivity contribution in [1.29, 1.82) is 0 Å². The second-order valence-electron chi connectivity index (χ2n) is 3.08. The summed E-state index contributed by atoms with van der Waals surface area (Å²) in [6.07, 6.45) is 0. The molecule has 0 amide bonds. The Kier molecular flexibility index (Phi) is 5.81. The van der Waals surface area contributed by atoms with Crippen molar-refractivity contribution in [2.45, 2.75) is 13.0 Å². The van der Waals surface area contributed by atoms with Gasteiger partial charge < -0.3 is 9.47 Å². The minimum Gasteiger partial charge on any atom is -0.493 e. The Balaban J connectivity index is 0.00000225. The van der Waals surface area contributed by atoms with Crippen molar-refractivity contribution in [3.05, 3.63) is 33.9 Å². The molecule has 0 radical (unpaired) electrons. The number of nitrogens with zero attached hydrogens (tertiary/aromatic N) is 1. The van der Waals surface area contributed by atoms with Gasteiger partial charge in [-0.2, -0.15) is 0 Å². The average molecular weight is 292 g/mol. The standard InChI is InChI=1S/C10H13NO4.BrH/c1-7(11(12)13)8-4-5-9(14-2)10(6-8)15-3;/h4-7H,1-3H3;1H. The molecule has 90 valence electrons. The summed E-state index contributed by atoms with van der Waals surface area (Å²) in [4.78, 5) is 10.2. The van der Waals surface area contributed by atoms with Crippen LogP contribution in [-0.2, 0) is 0 Å². The van der Waals surface area contributed by atoms with E-state index in [0.29, 0.717) is 17.1 Å². The Bertz CT molecular complexity index is 370. The van der Waals surface area contributed by atoms with Crippen molar-refractivity contribution in [1.82, 2.24) is 0 Å². The molecule has 0 aliphatic carbocycles. The number of benzene rings is 1. The molecular formula is C10H14BrNO4. The highest BCUT2D eigenvalue weighted by Gasteiger charge is 2.17. The van der Waals surface area contributed by atoms with Gasteiger partial charge >= 0.3 is 0 Å². The van der Waals surface area contributed by atoms with E-state index in [0.717, 1.165) is 0 Å². The molecule has 1 aromatic carbocycles. The zero-order valence-electron chi connectivity index (χ0n) is 9.30. The monoisotopic (exact) mass is 291 g/mol. The summed E-state index contributed by atoms with van der Waals surface area (Å²) in [5.74, 6) is 1.07. The maximum Gasteiger partial charge on any atom is 0.235 e. The minimum absolute atomic E-state index is 0. The van der Waals surface area contributed by atoms with Gasteiger partial charge in [-0.05, 0) is 18.2 Å². The lowest BCUT2D eigenvalue weighted by molar-refractivity contribution is -0.524. The molecule has 1 atom stereocenters. The maximum absolute atomic E-state index is 10.6. The van der Waals surface area contributed by atoms with Gasteiger partial charge in [-0.1, -0.05) is 0 Å². The number of halogens is 1. The number of hydrogen-bond donors (Lipinski definition) is 0. The van der Waals surface area contributed by atoms with Gasteiger partial charge in [0.25, 0.3) is 0 Å². The lowest BCUT2D eigenvalue weighted by atomic mass is 10.1. The van der Waals surface area contributed by atoms with E-state index in [4.69, 9.17) is 9.47 Å². The van der Waals surface area contributed by atoms with Crippen molar-refractivity contribution in [3.8, 4) is 11.5 Å². The highest BCUT2D eigenvalue weighted by atomic mass is 79.9. The zero-order chi connectivity index (χ0) is 11.4. The van der Waals surface area contributed by atoms with Gasteiger partial charge in [-0.15, -0.1) is 17.0 Å². The summed E-state index contributed by atoms with van der Waals surface area (Å²) in [5, 5.41) is 10.6. The summed E-state index contributed by atoms with van der Waals surface area (Å²) in [5.41, 5.74) is 0.595. The molecular weight excluding hydrogens is 278 g/mol. The van der Waals surface area contributed by atoms with E-state index in [1.165, 1.54) is 21.1 Å². The Morgan fingerprint density at radius 1 is 1.25 bits per heavy atom. The summed E-state index contributed by atoms with van der Waals surface area (Å²) < 4.78 is 10.1. The largest absolute Gasteiger partial charge is 0.493 e. The normalized spacial score (nSPS) is 11.2. The smallest absolute Gasteiger partial charge is 0.235 e. The highest BCUT2D eigenvalue weighted by Crippen LogP contribution is 2.30. The fourth-order valence-corrected chi connectivity index (χ4v) is 1.23. The molecule has 0 fully saturated rings. The SMILES string of the molecule is Br.COc1ccc(C(C)[N+](=O)[O-])cc1OC. The van der Waals surface area contributed by atoms with Crippen LogP contribution in [0.3, 0.4) is 0 Å². The van der Waals surface area contributed by atoms with Crippen molar-refractivity contribution >= 4 is 17.0 Å². The first-order valence-electron chi connectivity index (χ1n) is 4.45. The van der Waals surface area contributed by atoms with Gasteiger partial charge in [0, 0.05) is 17.4 Å². The van der Waals surface area contributed by atoms with Crippen molar-refractivity contribution in [2.75, 3.05) is 14.2 Å². The molecule has 0 aliphatic rings. The van der Waals surface area contributed by atoms with Crippen LogP contribution < -0.4 is 9.47 Å². The molecule has 0 heterocycles. The van der Waals surface area contributed by atoms with E-state index in [2.05, 4.69) is 0 Å². The third-order valence-electron chi connectivity index (χ3n) is 2.21. The molecule has 0 saturated heterocycles. The average Bonchev–Trinajstić information content (AvgIpc) is 2.26. The molecule has 1 aromatic rings. The van der Waals surface area contributed by atoms with Gasteiger partial charge in [0.1, 0.15) is 0 Å². The van der Waals surface area contributed by atoms with Crippen LogP contribution in [0.5, 0.6) is 11.5 Å². The zero-order valence-corrected chi connectivity index (χ0v) is 11.0. The molecule has 0 saturated carbocycles. The van der Waals surface area contributed by atoms with E-state index < -0.39 is 6.04 Å². The molecule has 6 heteroatoms. The lowest BCUT2D eigenvalue weighted by Gasteiger charge is -2.10. The van der Waals surface area contributed by atoms with Gasteiger partial charge in [0.2, 0.25) is 6.04 Å². The van der Waals surface area contributed by atoms with Gasteiger partial charge in [-0.25, -0.2) is 0 Å². The third-order valence-corrected chi connectivity index (χ3v) is 2.21. The summed E-state index contributed by atoms with van der Waals surface area (Å²) in [7, 11) is 3.02. The van der Waals surface area contributed by atoms with E-state index in [-0.39, 0.29) is 21.9 Å². The second-order valence-corrected chi connectivity index (χ2v) is 3.08. The molecule has 0 aromatic heterocycles. The van der Waals surface area contributed by atoms with Crippen LogP contribution in [0.15, 0.2) is 18.2 Å². The van der Waals surface area contributed by atoms with Crippen molar-refractivity contribution in [2.24, 2.45) is 0 Å². The first kappa shape index (κ1) is 14.7. The first-order valence-corrected chi connectivity index (χ1v) is 4.45. The van der Waals surface area contributed by atoms with Gasteiger partial charge in [0.05, 0.1) is 14.2 Å². The fraction of sp³-hybridized carbons (Fsp3) is 0.400. The quantitative estimate of drug-likeness (QED) is 0.632. The molecule has 1 rings (SSSR count). The molecule has 0 N–H and O–H groups in total. The number of rotatable bonds is 4. The Morgan fingerprint density at radius 3 is 2.25 bits per heavy atom. The molecule has 0 aliphatic heterocycles. The molecule has 1 unspecified atom stereocenters. The summed E-state index contributed by atoms with van der Waals surface area (Å²) in [6, 6.07) is 4.19. The maximum atomic E-state index is 10.6. The van der Waals surface area contributed by atoms with Crippen LogP contribution in [0.2, 0.25) is 0 Å². The van der Waals surface area contributed by atoms with E-state index in [1.807, 2.05) is 0 Å². The van der Waals surface area contributed by atoms with Gasteiger partial charge in [0.15, 0.2) is 11.5 Å². The van der Waals surface area contributed by atoms with Crippen molar-refractivity contribution < 1.29 is 14.4 Å². The number of ether oxygens (including phenoxy) is 2. The van der Waals surface area contributed by atoms with Crippen LogP contribution in [-0.4, -0.2) is 19.1 Å². The fourth-order valence-electron chi connectivity index (χ4n) is 1.23. The Morgan fingerprint density at radius 2 is 1.81 bits per heavy atom. The first-order chi connectivity index (χ1) is 7.10. The van der Waals surface area contributed by atoms with E-state index in [9.17, 15) is 10.1 Å². The number of hydrogen-bond acceptors (Lipinski definition) is 4. The molecule has 5 nitrogen and oxygen atoms in total. The number of nitro groups is 1. The van der Waals surface area contributed by atoms with Crippen LogP contribution in [0.1, 0.15) is 18.5 Å². The van der Waals surface area contributed by atoms with E-state index in [1.54, 1.807) is 18.2 Å². The van der Waals surface area contributed by atoms with Crippen LogP contribution >= 0.6 is 17.0 Å². The predicted octanol–water partition coefficient (Wildman–Crippen LogP) is 2.62. The Labute approximate surface area is 104 Å². The molecule has 16 heavy (non-hydrogen) atoms. The third kappa shape index (κ3) is 3.10. The van der Waals surface area contributed by atoms with Crippen LogP contribution in [0.4, 0.5) is 0 Å². The summed E-state index contributed by atoms with van der Waals surface area (Å²) >= 11 is 0. The molecule has 0 spiro atoms. The topological polar surface area (TPSA) is 61.6 Å². The van der Waals surface area contributed by atoms with Crippen LogP contribution in [0, 0.1) is 10.1 Å². The van der Waals surface area contributed by atoms with Crippen LogP contribution in [0.25, 0.3) is 0 Å². The highest BCUT2D eigenvalue weighted by molar-refractivity contribution is 8.93. The molecule has 0 bridgehead atoms. The lowest BCUT2D eigenvalue weighted by Crippen LogP contribution is -2.06. The minimum atomic E-state index is -0.746. The summed E-state index contributed by atoms with van der Waals surface area (Å²) in [6.45, 7) is 1.53.